The molecule has 0 N–H and O–H groups in total. The van der Waals surface area contributed by atoms with E-state index in [9.17, 15) is 4.79 Å². The van der Waals surface area contributed by atoms with Crippen LogP contribution in [0.25, 0.3) is 0 Å². The Balaban J connectivity index is 1.73. The molecular formula is C21H25NO. The Kier molecular flexibility index (Phi) is 4.92. The third kappa shape index (κ3) is 3.89. The number of hydrogen-bond acceptors (Lipinski definition) is 2. The normalized spacial score (nSPS) is 15.6. The Morgan fingerprint density at radius 1 is 0.957 bits per heavy atom. The van der Waals surface area contributed by atoms with Gasteiger partial charge in [-0.3, -0.25) is 9.69 Å². The first-order valence-corrected chi connectivity index (χ1v) is 8.57. The van der Waals surface area contributed by atoms with Gasteiger partial charge < -0.3 is 0 Å². The molecule has 0 aliphatic carbocycles. The summed E-state index contributed by atoms with van der Waals surface area (Å²) >= 11 is 0. The zero-order valence-corrected chi connectivity index (χ0v) is 14.1. The molecule has 1 aliphatic heterocycles. The van der Waals surface area contributed by atoms with E-state index in [1.807, 2.05) is 44.2 Å². The predicted octanol–water partition coefficient (Wildman–Crippen LogP) is 4.52. The average Bonchev–Trinajstić information content (AvgIpc) is 2.58. The molecule has 1 heterocycles. The molecule has 0 atom stereocenters. The molecular weight excluding hydrogens is 282 g/mol. The molecule has 0 bridgehead atoms. The Bertz CT molecular complexity index is 681. The van der Waals surface area contributed by atoms with Gasteiger partial charge in [0.25, 0.3) is 0 Å². The molecule has 1 fully saturated rings. The number of benzene rings is 2. The van der Waals surface area contributed by atoms with Gasteiger partial charge in [-0.15, -0.1) is 0 Å². The maximum atomic E-state index is 12.7. The number of aryl methyl sites for hydroxylation is 2. The van der Waals surface area contributed by atoms with Gasteiger partial charge in [0.15, 0.2) is 5.78 Å². The lowest BCUT2D eigenvalue weighted by atomic mass is 9.96. The summed E-state index contributed by atoms with van der Waals surface area (Å²) in [6.07, 6.45) is 3.98. The lowest BCUT2D eigenvalue weighted by Crippen LogP contribution is -2.29. The van der Waals surface area contributed by atoms with E-state index in [0.717, 1.165) is 28.8 Å². The highest BCUT2D eigenvalue weighted by molar-refractivity contribution is 6.10. The molecule has 0 amide bonds. The maximum absolute atomic E-state index is 12.7. The lowest BCUT2D eigenvalue weighted by molar-refractivity contribution is 0.103. The predicted molar refractivity (Wildman–Crippen MR) is 94.9 cm³/mol. The molecule has 120 valence electrons. The van der Waals surface area contributed by atoms with Gasteiger partial charge >= 0.3 is 0 Å². The fourth-order valence-corrected chi connectivity index (χ4v) is 3.27. The zero-order chi connectivity index (χ0) is 16.2. The third-order valence-corrected chi connectivity index (χ3v) is 4.71. The van der Waals surface area contributed by atoms with Crippen LogP contribution < -0.4 is 0 Å². The Morgan fingerprint density at radius 2 is 1.65 bits per heavy atom. The SMILES string of the molecule is Cc1ccc(C)c(C(=O)c2ccc(CN3CCCCC3)cc2)c1. The van der Waals surface area contributed by atoms with Gasteiger partial charge in [-0.2, -0.15) is 0 Å². The minimum Gasteiger partial charge on any atom is -0.299 e. The number of hydrogen-bond donors (Lipinski definition) is 0. The molecule has 2 aromatic rings. The van der Waals surface area contributed by atoms with Crippen molar-refractivity contribution in [2.24, 2.45) is 0 Å². The van der Waals surface area contributed by atoms with Crippen LogP contribution in [0.5, 0.6) is 0 Å². The van der Waals surface area contributed by atoms with Crippen LogP contribution in [0.1, 0.15) is 51.9 Å². The Hall–Kier alpha value is -1.93. The summed E-state index contributed by atoms with van der Waals surface area (Å²) in [7, 11) is 0. The molecule has 2 nitrogen and oxygen atoms in total. The fraction of sp³-hybridized carbons (Fsp3) is 0.381. The van der Waals surface area contributed by atoms with E-state index >= 15 is 0 Å². The second kappa shape index (κ2) is 7.10. The van der Waals surface area contributed by atoms with Crippen molar-refractivity contribution < 1.29 is 4.79 Å². The quantitative estimate of drug-likeness (QED) is 0.774. The molecule has 0 aromatic heterocycles. The summed E-state index contributed by atoms with van der Waals surface area (Å²) in [4.78, 5) is 15.2. The average molecular weight is 307 g/mol. The minimum atomic E-state index is 0.121. The van der Waals surface area contributed by atoms with E-state index in [1.165, 1.54) is 37.9 Å². The zero-order valence-electron chi connectivity index (χ0n) is 14.1. The van der Waals surface area contributed by atoms with Crippen LogP contribution in [-0.2, 0) is 6.54 Å². The number of likely N-dealkylation sites (tertiary alicyclic amines) is 1. The molecule has 1 saturated heterocycles. The molecule has 0 spiro atoms. The first kappa shape index (κ1) is 15.9. The highest BCUT2D eigenvalue weighted by Crippen LogP contribution is 2.18. The second-order valence-corrected chi connectivity index (χ2v) is 6.68. The Morgan fingerprint density at radius 3 is 2.35 bits per heavy atom. The number of rotatable bonds is 4. The van der Waals surface area contributed by atoms with Crippen molar-refractivity contribution >= 4 is 5.78 Å². The molecule has 0 radical (unpaired) electrons. The van der Waals surface area contributed by atoms with E-state index in [2.05, 4.69) is 17.0 Å². The summed E-state index contributed by atoms with van der Waals surface area (Å²) < 4.78 is 0. The molecule has 1 aliphatic rings. The minimum absolute atomic E-state index is 0.121. The van der Waals surface area contributed by atoms with Crippen LogP contribution >= 0.6 is 0 Å². The van der Waals surface area contributed by atoms with Crippen molar-refractivity contribution in [1.29, 1.82) is 0 Å². The smallest absolute Gasteiger partial charge is 0.193 e. The Labute approximate surface area is 139 Å². The van der Waals surface area contributed by atoms with Crippen molar-refractivity contribution in [3.8, 4) is 0 Å². The number of piperidine rings is 1. The van der Waals surface area contributed by atoms with E-state index < -0.39 is 0 Å². The molecule has 2 heteroatoms. The summed E-state index contributed by atoms with van der Waals surface area (Å²) in [5.74, 6) is 0.121. The first-order valence-electron chi connectivity index (χ1n) is 8.57. The summed E-state index contributed by atoms with van der Waals surface area (Å²) in [6, 6.07) is 14.2. The fourth-order valence-electron chi connectivity index (χ4n) is 3.27. The van der Waals surface area contributed by atoms with Crippen molar-refractivity contribution in [2.75, 3.05) is 13.1 Å². The van der Waals surface area contributed by atoms with Crippen LogP contribution in [0.2, 0.25) is 0 Å². The third-order valence-electron chi connectivity index (χ3n) is 4.71. The van der Waals surface area contributed by atoms with E-state index in [-0.39, 0.29) is 5.78 Å². The lowest BCUT2D eigenvalue weighted by Gasteiger charge is -2.26. The van der Waals surface area contributed by atoms with Gasteiger partial charge in [0, 0.05) is 17.7 Å². The standard InChI is InChI=1S/C21H25NO/c1-16-6-7-17(2)20(14-16)21(23)19-10-8-18(9-11-19)15-22-12-4-3-5-13-22/h6-11,14H,3-5,12-13,15H2,1-2H3. The first-order chi connectivity index (χ1) is 11.1. The largest absolute Gasteiger partial charge is 0.299 e. The summed E-state index contributed by atoms with van der Waals surface area (Å²) in [5.41, 5.74) is 5.05. The van der Waals surface area contributed by atoms with Gasteiger partial charge in [0.2, 0.25) is 0 Å². The maximum Gasteiger partial charge on any atom is 0.193 e. The van der Waals surface area contributed by atoms with Crippen molar-refractivity contribution in [1.82, 2.24) is 4.90 Å². The van der Waals surface area contributed by atoms with Crippen LogP contribution in [0.3, 0.4) is 0 Å². The second-order valence-electron chi connectivity index (χ2n) is 6.68. The van der Waals surface area contributed by atoms with E-state index in [0.29, 0.717) is 0 Å². The van der Waals surface area contributed by atoms with E-state index in [4.69, 9.17) is 0 Å². The van der Waals surface area contributed by atoms with Gasteiger partial charge in [-0.1, -0.05) is 48.4 Å². The number of nitrogens with zero attached hydrogens (tertiary/aromatic N) is 1. The number of ketones is 1. The van der Waals surface area contributed by atoms with Gasteiger partial charge in [-0.25, -0.2) is 0 Å². The van der Waals surface area contributed by atoms with Gasteiger partial charge in [0.05, 0.1) is 0 Å². The van der Waals surface area contributed by atoms with Crippen molar-refractivity contribution in [3.63, 3.8) is 0 Å². The van der Waals surface area contributed by atoms with Crippen LogP contribution in [0.4, 0.5) is 0 Å². The number of carbonyl (C=O) groups excluding carboxylic acids is 1. The molecule has 0 saturated carbocycles. The van der Waals surface area contributed by atoms with Crippen molar-refractivity contribution in [3.05, 3.63) is 70.3 Å². The highest BCUT2D eigenvalue weighted by Gasteiger charge is 2.13. The van der Waals surface area contributed by atoms with E-state index in [1.54, 1.807) is 0 Å². The monoisotopic (exact) mass is 307 g/mol. The van der Waals surface area contributed by atoms with Crippen LogP contribution in [0, 0.1) is 13.8 Å². The molecule has 2 aromatic carbocycles. The summed E-state index contributed by atoms with van der Waals surface area (Å²) in [6.45, 7) is 7.42. The number of carbonyl (C=O) groups is 1. The van der Waals surface area contributed by atoms with Crippen LogP contribution in [0.15, 0.2) is 42.5 Å². The van der Waals surface area contributed by atoms with Crippen molar-refractivity contribution in [2.45, 2.75) is 39.7 Å². The van der Waals surface area contributed by atoms with Gasteiger partial charge in [-0.05, 0) is 57.0 Å². The highest BCUT2D eigenvalue weighted by atomic mass is 16.1. The molecule has 3 rings (SSSR count). The topological polar surface area (TPSA) is 20.3 Å². The summed E-state index contributed by atoms with van der Waals surface area (Å²) in [5, 5.41) is 0. The van der Waals surface area contributed by atoms with Gasteiger partial charge in [0.1, 0.15) is 0 Å². The van der Waals surface area contributed by atoms with Crippen LogP contribution in [-0.4, -0.2) is 23.8 Å². The molecule has 0 unspecified atom stereocenters. The molecule has 23 heavy (non-hydrogen) atoms.